The normalized spacial score (nSPS) is 20.7. The first-order valence-electron chi connectivity index (χ1n) is 5.69. The molecule has 0 unspecified atom stereocenters. The van der Waals surface area contributed by atoms with Crippen molar-refractivity contribution in [1.29, 1.82) is 0 Å². The van der Waals surface area contributed by atoms with Gasteiger partial charge in [0.25, 0.3) is 0 Å². The number of aliphatic hydroxyl groups excluding tert-OH is 1. The van der Waals surface area contributed by atoms with Crippen LogP contribution in [0.25, 0.3) is 10.7 Å². The molecule has 0 saturated carbocycles. The molecule has 1 aliphatic rings. The number of thiophene rings is 1. The van der Waals surface area contributed by atoms with Gasteiger partial charge >= 0.3 is 0 Å². The van der Waals surface area contributed by atoms with E-state index in [1.165, 1.54) is 0 Å². The topological polar surface area (TPSA) is 62.4 Å². The fourth-order valence-electron chi connectivity index (χ4n) is 2.00. The summed E-state index contributed by atoms with van der Waals surface area (Å²) < 4.78 is 6.28. The lowest BCUT2D eigenvalue weighted by atomic mass is 10.3. The molecular formula is C11H12BrN3O2S. The number of aromatic nitrogens is 2. The minimum absolute atomic E-state index is 0.222. The van der Waals surface area contributed by atoms with Gasteiger partial charge in [0.05, 0.1) is 21.3 Å². The van der Waals surface area contributed by atoms with Crippen molar-refractivity contribution in [2.24, 2.45) is 0 Å². The molecule has 1 N–H and O–H groups in total. The third-order valence-electron chi connectivity index (χ3n) is 2.87. The first-order chi connectivity index (χ1) is 8.70. The standard InChI is InChI=1S/C11H12BrN3O2S/c12-9-2-1-8(18-9)11-13-10(17-14-11)6-15-4-3-7(16)5-15/h1-2,7,16H,3-6H2/t7-/m0/s1. The second-order valence-electron chi connectivity index (χ2n) is 4.29. The van der Waals surface area contributed by atoms with Crippen LogP contribution in [0.15, 0.2) is 20.4 Å². The van der Waals surface area contributed by atoms with Crippen LogP contribution in [0.2, 0.25) is 0 Å². The highest BCUT2D eigenvalue weighted by Crippen LogP contribution is 2.29. The van der Waals surface area contributed by atoms with Crippen LogP contribution in [0.1, 0.15) is 12.3 Å². The van der Waals surface area contributed by atoms with Gasteiger partial charge in [0.15, 0.2) is 0 Å². The van der Waals surface area contributed by atoms with E-state index in [1.54, 1.807) is 11.3 Å². The third kappa shape index (κ3) is 2.64. The first kappa shape index (κ1) is 12.3. The zero-order valence-corrected chi connectivity index (χ0v) is 11.9. The molecule has 0 amide bonds. The van der Waals surface area contributed by atoms with E-state index in [-0.39, 0.29) is 6.10 Å². The van der Waals surface area contributed by atoms with E-state index in [4.69, 9.17) is 4.52 Å². The molecule has 1 atom stereocenters. The Labute approximate surface area is 117 Å². The Morgan fingerprint density at radius 1 is 1.56 bits per heavy atom. The van der Waals surface area contributed by atoms with Gasteiger partial charge in [-0.1, -0.05) is 5.16 Å². The van der Waals surface area contributed by atoms with Crippen LogP contribution in [0.3, 0.4) is 0 Å². The summed E-state index contributed by atoms with van der Waals surface area (Å²) in [7, 11) is 0. The Kier molecular flexibility index (Phi) is 3.47. The second kappa shape index (κ2) is 5.08. The lowest BCUT2D eigenvalue weighted by Crippen LogP contribution is -2.21. The number of hydrogen-bond donors (Lipinski definition) is 1. The third-order valence-corrected chi connectivity index (χ3v) is 4.49. The monoisotopic (exact) mass is 329 g/mol. The highest BCUT2D eigenvalue weighted by molar-refractivity contribution is 9.11. The fraction of sp³-hybridized carbons (Fsp3) is 0.455. The maximum atomic E-state index is 9.45. The predicted octanol–water partition coefficient (Wildman–Crippen LogP) is 2.13. The van der Waals surface area contributed by atoms with Gasteiger partial charge in [0, 0.05) is 13.1 Å². The molecule has 3 rings (SSSR count). The fourth-order valence-corrected chi connectivity index (χ4v) is 3.31. The smallest absolute Gasteiger partial charge is 0.241 e. The second-order valence-corrected chi connectivity index (χ2v) is 6.76. The van der Waals surface area contributed by atoms with Crippen molar-refractivity contribution in [3.63, 3.8) is 0 Å². The number of halogens is 1. The Balaban J connectivity index is 1.70. The van der Waals surface area contributed by atoms with Gasteiger partial charge in [0.2, 0.25) is 11.7 Å². The summed E-state index contributed by atoms with van der Waals surface area (Å²) in [6.07, 6.45) is 0.597. The van der Waals surface area contributed by atoms with Crippen molar-refractivity contribution in [2.45, 2.75) is 19.1 Å². The van der Waals surface area contributed by atoms with Gasteiger partial charge in [0.1, 0.15) is 0 Å². The summed E-state index contributed by atoms with van der Waals surface area (Å²) in [5.74, 6) is 1.23. The molecule has 0 spiro atoms. The van der Waals surface area contributed by atoms with Gasteiger partial charge in [-0.05, 0) is 34.5 Å². The molecule has 1 aliphatic heterocycles. The molecule has 2 aromatic heterocycles. The van der Waals surface area contributed by atoms with Crippen molar-refractivity contribution < 1.29 is 9.63 Å². The Morgan fingerprint density at radius 3 is 3.11 bits per heavy atom. The number of aliphatic hydroxyl groups is 1. The van der Waals surface area contributed by atoms with E-state index >= 15 is 0 Å². The molecule has 1 saturated heterocycles. The summed E-state index contributed by atoms with van der Waals surface area (Å²) in [5.41, 5.74) is 0. The number of likely N-dealkylation sites (tertiary alicyclic amines) is 1. The van der Waals surface area contributed by atoms with E-state index in [0.29, 0.717) is 24.8 Å². The van der Waals surface area contributed by atoms with Crippen molar-refractivity contribution in [1.82, 2.24) is 15.0 Å². The van der Waals surface area contributed by atoms with Crippen LogP contribution in [0.4, 0.5) is 0 Å². The maximum Gasteiger partial charge on any atom is 0.241 e. The molecule has 0 aromatic carbocycles. The van der Waals surface area contributed by atoms with Crippen LogP contribution in [-0.2, 0) is 6.54 Å². The van der Waals surface area contributed by atoms with Crippen LogP contribution in [-0.4, -0.2) is 39.3 Å². The number of β-amino-alcohol motifs (C(OH)–C–C–N with tert-alkyl or cyclic N) is 1. The van der Waals surface area contributed by atoms with E-state index in [1.807, 2.05) is 12.1 Å². The average Bonchev–Trinajstić information content (AvgIpc) is 3.01. The van der Waals surface area contributed by atoms with Crippen molar-refractivity contribution in [2.75, 3.05) is 13.1 Å². The highest BCUT2D eigenvalue weighted by atomic mass is 79.9. The quantitative estimate of drug-likeness (QED) is 0.934. The molecule has 5 nitrogen and oxygen atoms in total. The van der Waals surface area contributed by atoms with Crippen LogP contribution >= 0.6 is 27.3 Å². The molecule has 0 bridgehead atoms. The van der Waals surface area contributed by atoms with Gasteiger partial charge in [-0.3, -0.25) is 4.90 Å². The van der Waals surface area contributed by atoms with E-state index in [2.05, 4.69) is 31.0 Å². The molecular weight excluding hydrogens is 318 g/mol. The van der Waals surface area contributed by atoms with Crippen molar-refractivity contribution in [3.8, 4) is 10.7 Å². The maximum absolute atomic E-state index is 9.45. The van der Waals surface area contributed by atoms with Crippen LogP contribution in [0.5, 0.6) is 0 Å². The lowest BCUT2D eigenvalue weighted by Gasteiger charge is -2.10. The van der Waals surface area contributed by atoms with E-state index < -0.39 is 0 Å². The molecule has 0 aliphatic carbocycles. The summed E-state index contributed by atoms with van der Waals surface area (Å²) in [5, 5.41) is 13.4. The Bertz CT molecular complexity index is 542. The van der Waals surface area contributed by atoms with Crippen molar-refractivity contribution in [3.05, 3.63) is 21.8 Å². The predicted molar refractivity (Wildman–Crippen MR) is 71.2 cm³/mol. The van der Waals surface area contributed by atoms with Crippen LogP contribution in [0, 0.1) is 0 Å². The molecule has 1 fully saturated rings. The largest absolute Gasteiger partial charge is 0.392 e. The zero-order chi connectivity index (χ0) is 12.5. The molecule has 96 valence electrons. The van der Waals surface area contributed by atoms with Gasteiger partial charge in [-0.25, -0.2) is 0 Å². The summed E-state index contributed by atoms with van der Waals surface area (Å²) in [4.78, 5) is 7.47. The minimum atomic E-state index is -0.222. The number of rotatable bonds is 3. The van der Waals surface area contributed by atoms with E-state index in [0.717, 1.165) is 21.6 Å². The SMILES string of the molecule is O[C@H]1CCN(Cc2nc(-c3ccc(Br)s3)no2)C1. The summed E-state index contributed by atoms with van der Waals surface area (Å²) >= 11 is 4.99. The molecule has 18 heavy (non-hydrogen) atoms. The molecule has 2 aromatic rings. The van der Waals surface area contributed by atoms with Crippen LogP contribution < -0.4 is 0 Å². The average molecular weight is 330 g/mol. The highest BCUT2D eigenvalue weighted by Gasteiger charge is 2.22. The summed E-state index contributed by atoms with van der Waals surface area (Å²) in [6, 6.07) is 3.93. The Morgan fingerprint density at radius 2 is 2.44 bits per heavy atom. The Hall–Kier alpha value is -0.760. The van der Waals surface area contributed by atoms with Crippen molar-refractivity contribution >= 4 is 27.3 Å². The summed E-state index contributed by atoms with van der Waals surface area (Å²) in [6.45, 7) is 2.17. The van der Waals surface area contributed by atoms with E-state index in [9.17, 15) is 5.11 Å². The van der Waals surface area contributed by atoms with Gasteiger partial charge < -0.3 is 9.63 Å². The van der Waals surface area contributed by atoms with Gasteiger partial charge in [-0.2, -0.15) is 4.98 Å². The number of nitrogens with zero attached hydrogens (tertiary/aromatic N) is 3. The van der Waals surface area contributed by atoms with Gasteiger partial charge in [-0.15, -0.1) is 11.3 Å². The zero-order valence-electron chi connectivity index (χ0n) is 9.54. The molecule has 3 heterocycles. The molecule has 0 radical (unpaired) electrons. The first-order valence-corrected chi connectivity index (χ1v) is 7.30. The number of hydrogen-bond acceptors (Lipinski definition) is 6. The molecule has 7 heteroatoms. The lowest BCUT2D eigenvalue weighted by molar-refractivity contribution is 0.169. The minimum Gasteiger partial charge on any atom is -0.392 e.